The molecule has 1 fully saturated rings. The predicted octanol–water partition coefficient (Wildman–Crippen LogP) is 3.94. The molecule has 3 rings (SSSR count). The monoisotopic (exact) mass is 324 g/mol. The van der Waals surface area contributed by atoms with E-state index in [9.17, 15) is 0 Å². The van der Waals surface area contributed by atoms with E-state index in [-0.39, 0.29) is 0 Å². The van der Waals surface area contributed by atoms with Crippen molar-refractivity contribution in [3.8, 4) is 5.75 Å². The first kappa shape index (κ1) is 16.8. The lowest BCUT2D eigenvalue weighted by molar-refractivity contribution is 0.249. The molecule has 1 aliphatic heterocycles. The zero-order chi connectivity index (χ0) is 17.1. The van der Waals surface area contributed by atoms with E-state index in [1.807, 2.05) is 0 Å². The van der Waals surface area contributed by atoms with Crippen molar-refractivity contribution in [3.63, 3.8) is 0 Å². The molecule has 0 radical (unpaired) electrons. The Labute approximate surface area is 145 Å². The highest BCUT2D eigenvalue weighted by Crippen LogP contribution is 2.24. The molecule has 1 saturated heterocycles. The minimum atomic E-state index is 0.971. The number of hydrogen-bond donors (Lipinski definition) is 0. The van der Waals surface area contributed by atoms with Crippen molar-refractivity contribution >= 4 is 5.69 Å². The van der Waals surface area contributed by atoms with Gasteiger partial charge in [0.15, 0.2) is 0 Å². The number of nitrogens with zero attached hydrogens (tertiary/aromatic N) is 2. The molecule has 128 valence electrons. The summed E-state index contributed by atoms with van der Waals surface area (Å²) in [4.78, 5) is 5.07. The standard InChI is InChI=1S/C21H28N2O/c1-16-5-6-17(2)20(13-16)23-11-9-22(10-12-23)15-19-7-8-21(24-4)18(3)14-19/h5-8,13-14H,9-12,15H2,1-4H3. The zero-order valence-electron chi connectivity index (χ0n) is 15.3. The first-order valence-electron chi connectivity index (χ1n) is 8.75. The van der Waals surface area contributed by atoms with E-state index in [4.69, 9.17) is 4.74 Å². The third kappa shape index (κ3) is 3.73. The quantitative estimate of drug-likeness (QED) is 0.847. The molecule has 0 aliphatic carbocycles. The third-order valence-corrected chi connectivity index (χ3v) is 4.94. The molecule has 1 heterocycles. The second kappa shape index (κ2) is 7.27. The summed E-state index contributed by atoms with van der Waals surface area (Å²) in [5, 5.41) is 0. The molecule has 0 spiro atoms. The van der Waals surface area contributed by atoms with Crippen molar-refractivity contribution in [2.45, 2.75) is 27.3 Å². The lowest BCUT2D eigenvalue weighted by atomic mass is 10.1. The van der Waals surface area contributed by atoms with Crippen LogP contribution in [0.25, 0.3) is 0 Å². The molecule has 0 unspecified atom stereocenters. The van der Waals surface area contributed by atoms with Gasteiger partial charge in [-0.1, -0.05) is 24.3 Å². The van der Waals surface area contributed by atoms with Crippen LogP contribution in [0.15, 0.2) is 36.4 Å². The summed E-state index contributed by atoms with van der Waals surface area (Å²) >= 11 is 0. The fourth-order valence-corrected chi connectivity index (χ4v) is 3.50. The maximum Gasteiger partial charge on any atom is 0.121 e. The van der Waals surface area contributed by atoms with Gasteiger partial charge in [0, 0.05) is 38.4 Å². The van der Waals surface area contributed by atoms with E-state index < -0.39 is 0 Å². The molecule has 0 N–H and O–H groups in total. The number of aryl methyl sites for hydroxylation is 3. The Bertz CT molecular complexity index is 703. The Kier molecular flexibility index (Phi) is 5.10. The Morgan fingerprint density at radius 1 is 0.875 bits per heavy atom. The Hall–Kier alpha value is -2.00. The number of methoxy groups -OCH3 is 1. The molecular weight excluding hydrogens is 296 g/mol. The normalized spacial score (nSPS) is 15.6. The van der Waals surface area contributed by atoms with Crippen molar-refractivity contribution in [2.75, 3.05) is 38.2 Å². The Morgan fingerprint density at radius 2 is 1.62 bits per heavy atom. The molecule has 2 aromatic carbocycles. The van der Waals surface area contributed by atoms with E-state index in [0.717, 1.165) is 38.5 Å². The molecule has 0 atom stereocenters. The van der Waals surface area contributed by atoms with Crippen LogP contribution in [0.3, 0.4) is 0 Å². The second-order valence-corrected chi connectivity index (χ2v) is 6.86. The highest BCUT2D eigenvalue weighted by molar-refractivity contribution is 5.55. The fraction of sp³-hybridized carbons (Fsp3) is 0.429. The van der Waals surface area contributed by atoms with Gasteiger partial charge < -0.3 is 9.64 Å². The Balaban J connectivity index is 1.61. The van der Waals surface area contributed by atoms with E-state index in [1.165, 1.54) is 27.9 Å². The van der Waals surface area contributed by atoms with Crippen LogP contribution in [0.4, 0.5) is 5.69 Å². The number of piperazine rings is 1. The van der Waals surface area contributed by atoms with Gasteiger partial charge in [0.05, 0.1) is 7.11 Å². The lowest BCUT2D eigenvalue weighted by Gasteiger charge is -2.37. The van der Waals surface area contributed by atoms with Gasteiger partial charge in [0.25, 0.3) is 0 Å². The number of rotatable bonds is 4. The first-order chi connectivity index (χ1) is 11.6. The van der Waals surface area contributed by atoms with Gasteiger partial charge in [-0.2, -0.15) is 0 Å². The van der Waals surface area contributed by atoms with Crippen molar-refractivity contribution in [1.29, 1.82) is 0 Å². The summed E-state index contributed by atoms with van der Waals surface area (Å²) in [6.45, 7) is 11.9. The van der Waals surface area contributed by atoms with Gasteiger partial charge in [-0.15, -0.1) is 0 Å². The number of benzene rings is 2. The van der Waals surface area contributed by atoms with Crippen molar-refractivity contribution < 1.29 is 4.74 Å². The average molecular weight is 324 g/mol. The Morgan fingerprint density at radius 3 is 2.29 bits per heavy atom. The highest BCUT2D eigenvalue weighted by atomic mass is 16.5. The van der Waals surface area contributed by atoms with Gasteiger partial charge >= 0.3 is 0 Å². The van der Waals surface area contributed by atoms with Crippen molar-refractivity contribution in [1.82, 2.24) is 4.90 Å². The molecule has 0 aromatic heterocycles. The summed E-state index contributed by atoms with van der Waals surface area (Å²) in [5.41, 5.74) is 6.69. The molecule has 2 aromatic rings. The summed E-state index contributed by atoms with van der Waals surface area (Å²) in [6.07, 6.45) is 0. The molecule has 3 nitrogen and oxygen atoms in total. The van der Waals surface area contributed by atoms with Crippen LogP contribution in [-0.4, -0.2) is 38.2 Å². The first-order valence-corrected chi connectivity index (χ1v) is 8.75. The van der Waals surface area contributed by atoms with Gasteiger partial charge in [0.1, 0.15) is 5.75 Å². The number of ether oxygens (including phenoxy) is 1. The maximum atomic E-state index is 5.35. The minimum Gasteiger partial charge on any atom is -0.496 e. The summed E-state index contributed by atoms with van der Waals surface area (Å²) in [7, 11) is 1.73. The third-order valence-electron chi connectivity index (χ3n) is 4.94. The number of anilines is 1. The fourth-order valence-electron chi connectivity index (χ4n) is 3.50. The second-order valence-electron chi connectivity index (χ2n) is 6.86. The molecular formula is C21H28N2O. The van der Waals surface area contributed by atoms with Crippen LogP contribution in [0, 0.1) is 20.8 Å². The smallest absolute Gasteiger partial charge is 0.121 e. The SMILES string of the molecule is COc1ccc(CN2CCN(c3cc(C)ccc3C)CC2)cc1C. The van der Waals surface area contributed by atoms with Crippen LogP contribution in [0.1, 0.15) is 22.3 Å². The van der Waals surface area contributed by atoms with Crippen LogP contribution in [0.5, 0.6) is 5.75 Å². The van der Waals surface area contributed by atoms with Crippen molar-refractivity contribution in [2.24, 2.45) is 0 Å². The summed E-state index contributed by atoms with van der Waals surface area (Å²) < 4.78 is 5.35. The van der Waals surface area contributed by atoms with Gasteiger partial charge in [0.2, 0.25) is 0 Å². The van der Waals surface area contributed by atoms with Crippen LogP contribution in [-0.2, 0) is 6.54 Å². The number of hydrogen-bond acceptors (Lipinski definition) is 3. The molecule has 24 heavy (non-hydrogen) atoms. The lowest BCUT2D eigenvalue weighted by Crippen LogP contribution is -2.46. The molecule has 0 amide bonds. The van der Waals surface area contributed by atoms with Gasteiger partial charge in [-0.05, 0) is 55.2 Å². The van der Waals surface area contributed by atoms with E-state index in [1.54, 1.807) is 7.11 Å². The van der Waals surface area contributed by atoms with Crippen LogP contribution < -0.4 is 9.64 Å². The maximum absolute atomic E-state index is 5.35. The van der Waals surface area contributed by atoms with E-state index >= 15 is 0 Å². The average Bonchev–Trinajstić information content (AvgIpc) is 2.58. The molecule has 1 aliphatic rings. The van der Waals surface area contributed by atoms with Gasteiger partial charge in [-0.3, -0.25) is 4.90 Å². The van der Waals surface area contributed by atoms with Gasteiger partial charge in [-0.25, -0.2) is 0 Å². The van der Waals surface area contributed by atoms with Crippen molar-refractivity contribution in [3.05, 3.63) is 58.7 Å². The zero-order valence-corrected chi connectivity index (χ0v) is 15.3. The van der Waals surface area contributed by atoms with Crippen LogP contribution >= 0.6 is 0 Å². The van der Waals surface area contributed by atoms with E-state index in [0.29, 0.717) is 0 Å². The molecule has 0 saturated carbocycles. The summed E-state index contributed by atoms with van der Waals surface area (Å²) in [6, 6.07) is 13.3. The predicted molar refractivity (Wildman–Crippen MR) is 101 cm³/mol. The van der Waals surface area contributed by atoms with Crippen LogP contribution in [0.2, 0.25) is 0 Å². The van der Waals surface area contributed by atoms with E-state index in [2.05, 4.69) is 67.0 Å². The minimum absolute atomic E-state index is 0.971. The summed E-state index contributed by atoms with van der Waals surface area (Å²) in [5.74, 6) is 0.971. The largest absolute Gasteiger partial charge is 0.496 e. The molecule has 3 heteroatoms. The molecule has 0 bridgehead atoms. The highest BCUT2D eigenvalue weighted by Gasteiger charge is 2.18. The topological polar surface area (TPSA) is 15.7 Å².